The van der Waals surface area contributed by atoms with Gasteiger partial charge < -0.3 is 10.6 Å². The van der Waals surface area contributed by atoms with Crippen LogP contribution in [-0.2, 0) is 24.5 Å². The molecule has 30 heavy (non-hydrogen) atoms. The minimum absolute atomic E-state index is 0.180. The number of thiol groups is 1. The highest BCUT2D eigenvalue weighted by Crippen LogP contribution is 2.27. The normalized spacial score (nSPS) is 11.2. The molecule has 0 atom stereocenters. The molecule has 9 nitrogen and oxygen atoms in total. The van der Waals surface area contributed by atoms with Crippen molar-refractivity contribution < 1.29 is 8.42 Å². The van der Waals surface area contributed by atoms with E-state index in [0.717, 1.165) is 27.8 Å². The zero-order valence-corrected chi connectivity index (χ0v) is 18.3. The number of fused-ring (bicyclic) bond motifs is 1. The zero-order chi connectivity index (χ0) is 21.1. The maximum absolute atomic E-state index is 10.9. The Balaban J connectivity index is 1.57. The van der Waals surface area contributed by atoms with Crippen molar-refractivity contribution in [2.75, 3.05) is 10.6 Å². The van der Waals surface area contributed by atoms with Gasteiger partial charge in [-0.05, 0) is 45.8 Å². The van der Waals surface area contributed by atoms with E-state index in [1.807, 2.05) is 55.7 Å². The van der Waals surface area contributed by atoms with Gasteiger partial charge in [0.1, 0.15) is 5.82 Å². The molecule has 0 saturated carbocycles. The molecule has 4 aromatic rings. The molecular weight excluding hydrogens is 470 g/mol. The van der Waals surface area contributed by atoms with E-state index >= 15 is 0 Å². The number of nitrogens with zero attached hydrogens (tertiary/aromatic N) is 4. The molecule has 0 aliphatic carbocycles. The number of rotatable bonds is 7. The third kappa shape index (κ3) is 4.75. The highest BCUT2D eigenvalue weighted by Gasteiger charge is 2.09. The molecule has 0 aliphatic heterocycles. The lowest BCUT2D eigenvalue weighted by Gasteiger charge is -2.13. The van der Waals surface area contributed by atoms with E-state index in [9.17, 15) is 8.42 Å². The molecule has 0 saturated heterocycles. The molecule has 0 spiro atoms. The Hall–Kier alpha value is -3.02. The van der Waals surface area contributed by atoms with Crippen LogP contribution in [0.1, 0.15) is 5.56 Å². The SMILES string of the molecule is Cn1cc2ccc(Nc3ncc(Br)c(Nc4ccccc4CN[SH](=O)=O)n3)cc2n1. The first-order valence-electron chi connectivity index (χ1n) is 8.94. The number of aryl methyl sites for hydroxylation is 1. The average molecular weight is 488 g/mol. The fraction of sp³-hybridized carbons (Fsp3) is 0.105. The van der Waals surface area contributed by atoms with Crippen LogP contribution in [-0.4, -0.2) is 28.2 Å². The van der Waals surface area contributed by atoms with Crippen molar-refractivity contribution in [2.45, 2.75) is 6.54 Å². The van der Waals surface area contributed by atoms with E-state index in [0.29, 0.717) is 16.2 Å². The fourth-order valence-electron chi connectivity index (χ4n) is 2.94. The van der Waals surface area contributed by atoms with Gasteiger partial charge in [0.15, 0.2) is 0 Å². The summed E-state index contributed by atoms with van der Waals surface area (Å²) in [6, 6.07) is 13.2. The van der Waals surface area contributed by atoms with Gasteiger partial charge in [-0.15, -0.1) is 0 Å². The molecule has 0 fully saturated rings. The Morgan fingerprint density at radius 3 is 2.80 bits per heavy atom. The van der Waals surface area contributed by atoms with Gasteiger partial charge in [-0.25, -0.2) is 18.1 Å². The van der Waals surface area contributed by atoms with Gasteiger partial charge >= 0.3 is 0 Å². The van der Waals surface area contributed by atoms with Crippen LogP contribution in [0.5, 0.6) is 0 Å². The Morgan fingerprint density at radius 1 is 1.13 bits per heavy atom. The maximum atomic E-state index is 10.9. The van der Waals surface area contributed by atoms with E-state index in [1.54, 1.807) is 10.9 Å². The van der Waals surface area contributed by atoms with Crippen LogP contribution in [0.2, 0.25) is 0 Å². The van der Waals surface area contributed by atoms with Gasteiger partial charge in [-0.3, -0.25) is 4.68 Å². The van der Waals surface area contributed by atoms with E-state index < -0.39 is 10.9 Å². The largest absolute Gasteiger partial charge is 0.339 e. The van der Waals surface area contributed by atoms with Gasteiger partial charge in [0.05, 0.1) is 9.99 Å². The second-order valence-corrected chi connectivity index (χ2v) is 8.15. The van der Waals surface area contributed by atoms with Crippen molar-refractivity contribution in [2.24, 2.45) is 7.05 Å². The number of anilines is 4. The van der Waals surface area contributed by atoms with Crippen molar-refractivity contribution in [1.82, 2.24) is 24.5 Å². The molecule has 0 amide bonds. The molecule has 2 aromatic heterocycles. The first-order chi connectivity index (χ1) is 14.5. The number of hydrogen-bond acceptors (Lipinski definition) is 7. The van der Waals surface area contributed by atoms with E-state index in [4.69, 9.17) is 0 Å². The number of halogens is 1. The van der Waals surface area contributed by atoms with Crippen molar-refractivity contribution in [3.8, 4) is 0 Å². The minimum Gasteiger partial charge on any atom is -0.339 e. The van der Waals surface area contributed by atoms with Crippen LogP contribution >= 0.6 is 15.9 Å². The number of para-hydroxylation sites is 1. The molecule has 0 aliphatic rings. The summed E-state index contributed by atoms with van der Waals surface area (Å²) in [4.78, 5) is 8.85. The predicted molar refractivity (Wildman–Crippen MR) is 121 cm³/mol. The van der Waals surface area contributed by atoms with Crippen LogP contribution in [0.15, 0.2) is 59.3 Å². The van der Waals surface area contributed by atoms with Crippen LogP contribution in [0, 0.1) is 0 Å². The van der Waals surface area contributed by atoms with Gasteiger partial charge in [0.2, 0.25) is 16.8 Å². The summed E-state index contributed by atoms with van der Waals surface area (Å²) in [5.74, 6) is 0.958. The third-order valence-electron chi connectivity index (χ3n) is 4.29. The second-order valence-electron chi connectivity index (χ2n) is 6.47. The number of nitrogens with one attached hydrogen (secondary N) is 3. The van der Waals surface area contributed by atoms with Gasteiger partial charge in [0.25, 0.3) is 0 Å². The van der Waals surface area contributed by atoms with E-state index in [2.05, 4.69) is 46.4 Å². The zero-order valence-electron chi connectivity index (χ0n) is 15.8. The van der Waals surface area contributed by atoms with Crippen molar-refractivity contribution >= 4 is 60.9 Å². The molecule has 2 aromatic carbocycles. The molecular formula is C19H18BrN7O2S. The first kappa shape index (κ1) is 20.3. The van der Waals surface area contributed by atoms with Crippen molar-refractivity contribution in [1.29, 1.82) is 0 Å². The molecule has 11 heteroatoms. The summed E-state index contributed by atoms with van der Waals surface area (Å²) in [7, 11) is -0.796. The summed E-state index contributed by atoms with van der Waals surface area (Å²) in [5, 5.41) is 11.9. The number of benzene rings is 2. The molecule has 0 unspecified atom stereocenters. The molecule has 4 rings (SSSR count). The van der Waals surface area contributed by atoms with E-state index in [1.165, 1.54) is 0 Å². The van der Waals surface area contributed by atoms with Crippen molar-refractivity contribution in [3.05, 3.63) is 64.9 Å². The van der Waals surface area contributed by atoms with Gasteiger partial charge in [0, 0.05) is 42.7 Å². The average Bonchev–Trinajstić information content (AvgIpc) is 3.09. The Kier molecular flexibility index (Phi) is 5.93. The summed E-state index contributed by atoms with van der Waals surface area (Å²) >= 11 is 3.46. The smallest absolute Gasteiger partial charge is 0.229 e. The molecule has 2 heterocycles. The Morgan fingerprint density at radius 2 is 1.97 bits per heavy atom. The molecule has 0 bridgehead atoms. The highest BCUT2D eigenvalue weighted by molar-refractivity contribution is 9.10. The molecule has 0 radical (unpaired) electrons. The number of aromatic nitrogens is 4. The van der Waals surface area contributed by atoms with Crippen molar-refractivity contribution in [3.63, 3.8) is 0 Å². The lowest BCUT2D eigenvalue weighted by Crippen LogP contribution is -2.12. The summed E-state index contributed by atoms with van der Waals surface area (Å²) < 4.78 is 26.6. The van der Waals surface area contributed by atoms with Crippen LogP contribution < -0.4 is 15.4 Å². The fourth-order valence-corrected chi connectivity index (χ4v) is 3.52. The third-order valence-corrected chi connectivity index (χ3v) is 5.29. The minimum atomic E-state index is -2.68. The summed E-state index contributed by atoms with van der Waals surface area (Å²) in [6.07, 6.45) is 3.60. The van der Waals surface area contributed by atoms with Crippen LogP contribution in [0.25, 0.3) is 10.9 Å². The molecule has 3 N–H and O–H groups in total. The lowest BCUT2D eigenvalue weighted by molar-refractivity contribution is 0.601. The van der Waals surface area contributed by atoms with Crippen LogP contribution in [0.4, 0.5) is 23.1 Å². The molecule has 154 valence electrons. The maximum Gasteiger partial charge on any atom is 0.229 e. The predicted octanol–water partition coefficient (Wildman–Crippen LogP) is 3.23. The van der Waals surface area contributed by atoms with Crippen LogP contribution in [0.3, 0.4) is 0 Å². The second kappa shape index (κ2) is 8.78. The van der Waals surface area contributed by atoms with E-state index in [-0.39, 0.29) is 6.54 Å². The number of hydrogen-bond donors (Lipinski definition) is 4. The topological polar surface area (TPSA) is 114 Å². The van der Waals surface area contributed by atoms with Gasteiger partial charge in [-0.1, -0.05) is 18.2 Å². The monoisotopic (exact) mass is 487 g/mol. The summed E-state index contributed by atoms with van der Waals surface area (Å²) in [5.41, 5.74) is 3.22. The first-order valence-corrected chi connectivity index (χ1v) is 10.9. The standard InChI is InChI=1S/C19H18BrN7O2S/c1-27-11-13-6-7-14(8-17(13)26-27)23-19-21-10-15(20)18(25-19)24-16-5-3-2-4-12(16)9-22-30(28)29/h2-8,10-11,30H,9H2,1H3,(H,22,28,29)(H2,21,23,24,25). The quantitative estimate of drug-likeness (QED) is 0.296. The Bertz CT molecular complexity index is 1280. The Labute approximate surface area is 182 Å². The highest BCUT2D eigenvalue weighted by atomic mass is 79.9. The van der Waals surface area contributed by atoms with Gasteiger partial charge in [-0.2, -0.15) is 10.1 Å². The summed E-state index contributed by atoms with van der Waals surface area (Å²) in [6.45, 7) is 0.180. The lowest BCUT2D eigenvalue weighted by atomic mass is 10.2.